The van der Waals surface area contributed by atoms with Gasteiger partial charge < -0.3 is 4.74 Å². The van der Waals surface area contributed by atoms with E-state index in [1.807, 2.05) is 0 Å². The second kappa shape index (κ2) is 3.24. The fourth-order valence-electron chi connectivity index (χ4n) is 0.400. The van der Waals surface area contributed by atoms with Gasteiger partial charge in [0, 0.05) is 6.92 Å². The SMILES string of the molecule is CC(F)(F)OC(=O)CC(F)(F)F. The second-order valence-electron chi connectivity index (χ2n) is 2.07. The first kappa shape index (κ1) is 11.1. The molecule has 0 bridgehead atoms. The number of rotatable bonds is 2. The summed E-state index contributed by atoms with van der Waals surface area (Å²) < 4.78 is 60.6. The van der Waals surface area contributed by atoms with E-state index in [4.69, 9.17) is 0 Å². The van der Waals surface area contributed by atoms with Crippen LogP contribution in [0.15, 0.2) is 0 Å². The number of hydrogen-bond donors (Lipinski definition) is 0. The summed E-state index contributed by atoms with van der Waals surface area (Å²) in [5.74, 6) is -1.99. The third-order valence-electron chi connectivity index (χ3n) is 0.638. The van der Waals surface area contributed by atoms with Crippen molar-refractivity contribution in [1.82, 2.24) is 0 Å². The third kappa shape index (κ3) is 7.23. The van der Waals surface area contributed by atoms with E-state index in [-0.39, 0.29) is 6.92 Å². The minimum Gasteiger partial charge on any atom is -0.401 e. The molecule has 0 atom stereocenters. The summed E-state index contributed by atoms with van der Waals surface area (Å²) in [6.07, 6.45) is -10.7. The zero-order chi connectivity index (χ0) is 9.99. The van der Waals surface area contributed by atoms with Gasteiger partial charge in [-0.3, -0.25) is 4.79 Å². The first-order valence-electron chi connectivity index (χ1n) is 2.76. The zero-order valence-electron chi connectivity index (χ0n) is 5.91. The number of halogens is 5. The normalized spacial score (nSPS) is 12.8. The Morgan fingerprint density at radius 3 is 1.92 bits per heavy atom. The molecule has 0 unspecified atom stereocenters. The smallest absolute Gasteiger partial charge is 0.399 e. The van der Waals surface area contributed by atoms with E-state index in [2.05, 4.69) is 4.74 Å². The topological polar surface area (TPSA) is 26.3 Å². The summed E-state index contributed by atoms with van der Waals surface area (Å²) in [7, 11) is 0. The number of carbonyl (C=O) groups excluding carboxylic acids is 1. The van der Waals surface area contributed by atoms with Crippen LogP contribution in [0.3, 0.4) is 0 Å². The highest BCUT2D eigenvalue weighted by atomic mass is 19.4. The van der Waals surface area contributed by atoms with Gasteiger partial charge in [-0.05, 0) is 0 Å². The predicted octanol–water partition coefficient (Wildman–Crippen LogP) is 2.09. The maximum atomic E-state index is 11.7. The maximum Gasteiger partial charge on any atom is 0.399 e. The molecule has 0 N–H and O–H groups in total. The lowest BCUT2D eigenvalue weighted by molar-refractivity contribution is -0.232. The van der Waals surface area contributed by atoms with Crippen LogP contribution in [-0.2, 0) is 9.53 Å². The molecule has 0 saturated carbocycles. The first-order chi connectivity index (χ1) is 5.10. The molecule has 0 amide bonds. The maximum absolute atomic E-state index is 11.7. The van der Waals surface area contributed by atoms with Crippen LogP contribution in [0.25, 0.3) is 0 Å². The van der Waals surface area contributed by atoms with Crippen LogP contribution in [0.2, 0.25) is 0 Å². The molecule has 0 aromatic rings. The van der Waals surface area contributed by atoms with Gasteiger partial charge in [-0.1, -0.05) is 0 Å². The molecule has 0 spiro atoms. The highest BCUT2D eigenvalue weighted by Crippen LogP contribution is 2.22. The quantitative estimate of drug-likeness (QED) is 0.494. The monoisotopic (exact) mass is 192 g/mol. The molecule has 0 saturated heterocycles. The highest BCUT2D eigenvalue weighted by Gasteiger charge is 2.36. The van der Waals surface area contributed by atoms with Crippen LogP contribution in [0, 0.1) is 0 Å². The number of carbonyl (C=O) groups is 1. The molecule has 7 heteroatoms. The van der Waals surface area contributed by atoms with Crippen LogP contribution < -0.4 is 0 Å². The molecular weight excluding hydrogens is 187 g/mol. The van der Waals surface area contributed by atoms with Crippen LogP contribution in [-0.4, -0.2) is 18.3 Å². The predicted molar refractivity (Wildman–Crippen MR) is 27.4 cm³/mol. The molecule has 0 radical (unpaired) electrons. The van der Waals surface area contributed by atoms with Gasteiger partial charge >= 0.3 is 18.3 Å². The number of esters is 1. The summed E-state index contributed by atoms with van der Waals surface area (Å²) in [4.78, 5) is 10.1. The summed E-state index contributed by atoms with van der Waals surface area (Å²) in [5.41, 5.74) is 0. The summed E-state index contributed by atoms with van der Waals surface area (Å²) in [5, 5.41) is 0. The fraction of sp³-hybridized carbons (Fsp3) is 0.800. The van der Waals surface area contributed by atoms with Crippen molar-refractivity contribution < 1.29 is 31.5 Å². The summed E-state index contributed by atoms with van der Waals surface area (Å²) in [6, 6.07) is 0. The average molecular weight is 192 g/mol. The lowest BCUT2D eigenvalue weighted by Crippen LogP contribution is -2.25. The van der Waals surface area contributed by atoms with Crippen molar-refractivity contribution in [2.75, 3.05) is 0 Å². The summed E-state index contributed by atoms with van der Waals surface area (Å²) >= 11 is 0. The van der Waals surface area contributed by atoms with Crippen molar-refractivity contribution in [1.29, 1.82) is 0 Å². The number of alkyl halides is 5. The van der Waals surface area contributed by atoms with E-state index in [0.717, 1.165) is 0 Å². The third-order valence-corrected chi connectivity index (χ3v) is 0.638. The van der Waals surface area contributed by atoms with Crippen molar-refractivity contribution >= 4 is 5.97 Å². The van der Waals surface area contributed by atoms with E-state index in [0.29, 0.717) is 0 Å². The van der Waals surface area contributed by atoms with E-state index in [1.165, 1.54) is 0 Å². The van der Waals surface area contributed by atoms with Gasteiger partial charge in [0.2, 0.25) is 0 Å². The standard InChI is InChI=1S/C5H5F5O2/c1-4(6,7)12-3(11)2-5(8,9)10/h2H2,1H3. The molecule has 0 aliphatic heterocycles. The van der Waals surface area contributed by atoms with Crippen molar-refractivity contribution in [3.8, 4) is 0 Å². The molecule has 0 aliphatic carbocycles. The minimum absolute atomic E-state index is 0.182. The lowest BCUT2D eigenvalue weighted by atomic mass is 10.4. The number of hydrogen-bond acceptors (Lipinski definition) is 2. The van der Waals surface area contributed by atoms with Gasteiger partial charge in [-0.25, -0.2) is 0 Å². The largest absolute Gasteiger partial charge is 0.401 e. The first-order valence-corrected chi connectivity index (χ1v) is 2.76. The van der Waals surface area contributed by atoms with Crippen molar-refractivity contribution in [2.45, 2.75) is 25.6 Å². The van der Waals surface area contributed by atoms with Crippen LogP contribution in [0.1, 0.15) is 13.3 Å². The van der Waals surface area contributed by atoms with E-state index < -0.39 is 24.7 Å². The van der Waals surface area contributed by atoms with Crippen LogP contribution in [0.4, 0.5) is 22.0 Å². The van der Waals surface area contributed by atoms with Gasteiger partial charge in [0.15, 0.2) is 0 Å². The Hall–Kier alpha value is -0.880. The van der Waals surface area contributed by atoms with Gasteiger partial charge in [-0.2, -0.15) is 22.0 Å². The molecular formula is C5H5F5O2. The van der Waals surface area contributed by atoms with Crippen LogP contribution in [0.5, 0.6) is 0 Å². The van der Waals surface area contributed by atoms with Crippen LogP contribution >= 0.6 is 0 Å². The van der Waals surface area contributed by atoms with E-state index in [1.54, 1.807) is 0 Å². The Balaban J connectivity index is 3.92. The van der Waals surface area contributed by atoms with Gasteiger partial charge in [0.1, 0.15) is 6.42 Å². The molecule has 0 aromatic carbocycles. The van der Waals surface area contributed by atoms with Crippen molar-refractivity contribution in [3.05, 3.63) is 0 Å². The molecule has 0 heterocycles. The summed E-state index contributed by atoms with van der Waals surface area (Å²) in [6.45, 7) is 0.182. The average Bonchev–Trinajstić information content (AvgIpc) is 1.49. The molecule has 2 nitrogen and oxygen atoms in total. The van der Waals surface area contributed by atoms with E-state index in [9.17, 15) is 26.7 Å². The number of ether oxygens (including phenoxy) is 1. The molecule has 0 fully saturated rings. The van der Waals surface area contributed by atoms with Gasteiger partial charge in [0.05, 0.1) is 0 Å². The van der Waals surface area contributed by atoms with Gasteiger partial charge in [-0.15, -0.1) is 0 Å². The molecule has 72 valence electrons. The second-order valence-corrected chi connectivity index (χ2v) is 2.07. The van der Waals surface area contributed by atoms with Crippen molar-refractivity contribution in [3.63, 3.8) is 0 Å². The molecule has 0 aromatic heterocycles. The highest BCUT2D eigenvalue weighted by molar-refractivity contribution is 5.70. The Labute approximate surface area is 64.3 Å². The lowest BCUT2D eigenvalue weighted by Gasteiger charge is -2.11. The Kier molecular flexibility index (Phi) is 3.00. The minimum atomic E-state index is -4.82. The molecule has 12 heavy (non-hydrogen) atoms. The Morgan fingerprint density at radius 1 is 1.25 bits per heavy atom. The molecule has 0 aliphatic rings. The Bertz CT molecular complexity index is 150. The fourth-order valence-corrected chi connectivity index (χ4v) is 0.400. The van der Waals surface area contributed by atoms with Gasteiger partial charge in [0.25, 0.3) is 0 Å². The zero-order valence-corrected chi connectivity index (χ0v) is 5.91. The Morgan fingerprint density at radius 2 is 1.67 bits per heavy atom. The molecule has 0 rings (SSSR count). The van der Waals surface area contributed by atoms with Crippen molar-refractivity contribution in [2.24, 2.45) is 0 Å². The van der Waals surface area contributed by atoms with E-state index >= 15 is 0 Å².